The van der Waals surface area contributed by atoms with Crippen molar-refractivity contribution in [3.8, 4) is 0 Å². The third-order valence-electron chi connectivity index (χ3n) is 26.1. The van der Waals surface area contributed by atoms with Crippen LogP contribution in [0.1, 0.15) is 307 Å². The minimum Gasteiger partial charge on any atom is -0.462 e. The van der Waals surface area contributed by atoms with Gasteiger partial charge in [-0.2, -0.15) is 0 Å². The summed E-state index contributed by atoms with van der Waals surface area (Å²) in [5, 5.41) is 3.22. The van der Waals surface area contributed by atoms with Gasteiger partial charge in [-0.05, 0) is 222 Å². The highest BCUT2D eigenvalue weighted by Crippen LogP contribution is 2.71. The molecule has 0 heterocycles. The number of unbranched alkanes of at least 4 members (excludes halogenated alkanes) is 8. The number of carbonyl (C=O) groups excluding carboxylic acids is 3. The van der Waals surface area contributed by atoms with Gasteiger partial charge in [0.15, 0.2) is 0 Å². The molecule has 442 valence electrons. The predicted molar refractivity (Wildman–Crippen MR) is 319 cm³/mol. The molecule has 77 heavy (non-hydrogen) atoms. The van der Waals surface area contributed by atoms with E-state index in [-0.39, 0.29) is 53.7 Å². The Kier molecular flexibility index (Phi) is 21.7. The van der Waals surface area contributed by atoms with Gasteiger partial charge in [-0.1, -0.05) is 166 Å². The molecule has 1 N–H and O–H groups in total. The summed E-state index contributed by atoms with van der Waals surface area (Å²) in [4.78, 5) is 43.4. The molecule has 0 aliphatic heterocycles. The number of rotatable bonds is 27. The van der Waals surface area contributed by atoms with E-state index < -0.39 is 6.04 Å². The van der Waals surface area contributed by atoms with Crippen molar-refractivity contribution in [1.82, 2.24) is 5.32 Å². The molecule has 0 spiro atoms. The van der Waals surface area contributed by atoms with Crippen LogP contribution >= 0.6 is 0 Å². The number of esters is 2. The number of carbonyl (C=O) groups is 3. The maximum Gasteiger partial charge on any atom is 0.328 e. The van der Waals surface area contributed by atoms with Gasteiger partial charge in [-0.3, -0.25) is 9.59 Å². The zero-order valence-corrected chi connectivity index (χ0v) is 52.3. The highest BCUT2D eigenvalue weighted by molar-refractivity contribution is 5.85. The second-order valence-electron chi connectivity index (χ2n) is 31.1. The molecule has 8 rings (SSSR count). The van der Waals surface area contributed by atoms with Crippen molar-refractivity contribution in [2.45, 2.75) is 326 Å². The predicted octanol–water partition coefficient (Wildman–Crippen LogP) is 19.2. The van der Waals surface area contributed by atoms with Crippen LogP contribution in [-0.4, -0.2) is 36.1 Å². The summed E-state index contributed by atoms with van der Waals surface area (Å²) in [6.45, 7) is 27.4. The lowest BCUT2D eigenvalue weighted by atomic mass is 9.44. The van der Waals surface area contributed by atoms with Crippen molar-refractivity contribution in [3.63, 3.8) is 0 Å². The lowest BCUT2D eigenvalue weighted by Crippen LogP contribution is -2.59. The number of amides is 1. The Balaban J connectivity index is 0.926. The zero-order valence-electron chi connectivity index (χ0n) is 52.3. The van der Waals surface area contributed by atoms with E-state index in [9.17, 15) is 14.4 Å². The van der Waals surface area contributed by atoms with Crippen molar-refractivity contribution in [2.75, 3.05) is 0 Å². The van der Waals surface area contributed by atoms with Crippen molar-refractivity contribution in [3.05, 3.63) is 0 Å². The first kappa shape index (κ1) is 61.5. The standard InChI is InChI=1S/C71H123NO5/c1-12-13-14-15-16-17-18-19-20-33-65(73)72-62(67(75)77-64-32-24-30-53-35-37-55-59-41-39-57(51(7)28-22-26-49(4)5)69(59,9)47-45-61(55)71(53,64)11)42-43-66(74)76-63-31-23-29-52-34-36-54-58-40-38-56(50(6)27-21-25-48(2)3)68(58,8)46-44-60(54)70(52,63)10/h48-64H,12-47H2,1-11H3,(H,72,73)/t50-,51-,52+,53+,54+,55+,56-,57-,58-,59-,60-,61-,62?,63?,64?,68+,69+,70-,71-/m0/s1. The Labute approximate surface area is 475 Å². The molecule has 6 nitrogen and oxygen atoms in total. The van der Waals surface area contributed by atoms with Crippen LogP contribution in [0.5, 0.6) is 0 Å². The highest BCUT2D eigenvalue weighted by atomic mass is 16.6. The van der Waals surface area contributed by atoms with Gasteiger partial charge in [0.25, 0.3) is 0 Å². The first-order chi connectivity index (χ1) is 36.9. The summed E-state index contributed by atoms with van der Waals surface area (Å²) < 4.78 is 13.8. The molecule has 3 unspecified atom stereocenters. The maximum absolute atomic E-state index is 15.0. The molecule has 0 bridgehead atoms. The van der Waals surface area contributed by atoms with Crippen LogP contribution in [-0.2, 0) is 23.9 Å². The third-order valence-corrected chi connectivity index (χ3v) is 26.1. The van der Waals surface area contributed by atoms with Gasteiger partial charge >= 0.3 is 11.9 Å². The second-order valence-corrected chi connectivity index (χ2v) is 31.1. The molecule has 8 fully saturated rings. The average molecular weight is 1070 g/mol. The monoisotopic (exact) mass is 1070 g/mol. The smallest absolute Gasteiger partial charge is 0.328 e. The minimum atomic E-state index is -0.841. The molecule has 0 radical (unpaired) electrons. The SMILES string of the molecule is CCCCCCCCCCCC(=O)NC(CCC(=O)OC1CCC[C@@H]2CC[C@@H]3[C@@H]4CC[C@@H]([C@@H](C)CCCC(C)C)[C@@]4(C)CC[C@@H]3[C@@]12C)C(=O)OC1CCC[C@@H]2CC[C@@H]3[C@@H]4CC[C@@H]([C@@H](C)CCCC(C)C)[C@@]4(C)CC[C@@H]3[C@@]12C. The average Bonchev–Trinajstić information content (AvgIpc) is 3.98. The molecule has 8 saturated carbocycles. The first-order valence-electron chi connectivity index (χ1n) is 34.5. The number of hydrogen-bond acceptors (Lipinski definition) is 5. The highest BCUT2D eigenvalue weighted by Gasteiger charge is 2.65. The molecule has 0 aromatic heterocycles. The molecule has 0 aromatic carbocycles. The molecular formula is C71H123NO5. The molecule has 19 atom stereocenters. The molecular weight excluding hydrogens is 947 g/mol. The van der Waals surface area contributed by atoms with E-state index in [4.69, 9.17) is 9.47 Å². The third kappa shape index (κ3) is 13.4. The Hall–Kier alpha value is -1.59. The minimum absolute atomic E-state index is 0.00628. The largest absolute Gasteiger partial charge is 0.462 e. The molecule has 1 amide bonds. The summed E-state index contributed by atoms with van der Waals surface area (Å²) in [7, 11) is 0. The summed E-state index contributed by atoms with van der Waals surface area (Å²) in [5.41, 5.74) is 0.781. The van der Waals surface area contributed by atoms with Crippen LogP contribution in [0, 0.1) is 105 Å². The van der Waals surface area contributed by atoms with Gasteiger partial charge < -0.3 is 14.8 Å². The van der Waals surface area contributed by atoms with Crippen LogP contribution in [0.25, 0.3) is 0 Å². The number of hydrogen-bond donors (Lipinski definition) is 1. The zero-order chi connectivity index (χ0) is 55.1. The van der Waals surface area contributed by atoms with Crippen LogP contribution in [0.3, 0.4) is 0 Å². The fourth-order valence-electron chi connectivity index (χ4n) is 21.8. The Morgan fingerprint density at radius 1 is 0.468 bits per heavy atom. The molecule has 0 aromatic rings. The Morgan fingerprint density at radius 3 is 1.42 bits per heavy atom. The summed E-state index contributed by atoms with van der Waals surface area (Å²) in [6.07, 6.45) is 41.9. The van der Waals surface area contributed by atoms with Crippen LogP contribution in [0.2, 0.25) is 0 Å². The number of nitrogens with one attached hydrogen (secondary N) is 1. The molecule has 6 heteroatoms. The molecule has 8 aliphatic carbocycles. The topological polar surface area (TPSA) is 81.7 Å². The number of ether oxygens (including phenoxy) is 2. The number of fused-ring (bicyclic) bond motifs is 10. The Morgan fingerprint density at radius 2 is 0.935 bits per heavy atom. The second kappa shape index (κ2) is 27.2. The normalized spacial score (nSPS) is 39.5. The van der Waals surface area contributed by atoms with Gasteiger partial charge in [0.1, 0.15) is 18.2 Å². The van der Waals surface area contributed by atoms with Gasteiger partial charge in [0, 0.05) is 23.7 Å². The Bertz CT molecular complexity index is 1880. The van der Waals surface area contributed by atoms with Gasteiger partial charge in [-0.25, -0.2) is 4.79 Å². The lowest BCUT2D eigenvalue weighted by molar-refractivity contribution is -0.195. The van der Waals surface area contributed by atoms with E-state index in [0.29, 0.717) is 46.8 Å². The molecule has 0 saturated heterocycles. The van der Waals surface area contributed by atoms with E-state index in [1.807, 2.05) is 0 Å². The first-order valence-corrected chi connectivity index (χ1v) is 34.5. The van der Waals surface area contributed by atoms with Crippen molar-refractivity contribution < 1.29 is 23.9 Å². The summed E-state index contributed by atoms with van der Waals surface area (Å²) in [6, 6.07) is -0.841. The fourth-order valence-corrected chi connectivity index (χ4v) is 21.8. The quantitative estimate of drug-likeness (QED) is 0.0655. The van der Waals surface area contributed by atoms with Crippen LogP contribution < -0.4 is 5.32 Å². The van der Waals surface area contributed by atoms with E-state index >= 15 is 0 Å². The van der Waals surface area contributed by atoms with Crippen LogP contribution in [0.4, 0.5) is 0 Å². The van der Waals surface area contributed by atoms with Gasteiger partial charge in [0.05, 0.1) is 0 Å². The van der Waals surface area contributed by atoms with E-state index in [2.05, 4.69) is 81.5 Å². The summed E-state index contributed by atoms with van der Waals surface area (Å²) in [5.74, 6) is 9.56. The van der Waals surface area contributed by atoms with Gasteiger partial charge in [-0.15, -0.1) is 0 Å². The molecule has 8 aliphatic rings. The van der Waals surface area contributed by atoms with Crippen molar-refractivity contribution in [2.24, 2.45) is 105 Å². The lowest BCUT2D eigenvalue weighted by Gasteiger charge is -2.62. The van der Waals surface area contributed by atoms with E-state index in [1.54, 1.807) is 0 Å². The maximum atomic E-state index is 15.0. The van der Waals surface area contributed by atoms with E-state index in [0.717, 1.165) is 98.2 Å². The fraction of sp³-hybridized carbons (Fsp3) is 0.958. The van der Waals surface area contributed by atoms with Crippen LogP contribution in [0.15, 0.2) is 0 Å². The van der Waals surface area contributed by atoms with Crippen molar-refractivity contribution >= 4 is 17.8 Å². The van der Waals surface area contributed by atoms with Crippen molar-refractivity contribution in [1.29, 1.82) is 0 Å². The summed E-state index contributed by atoms with van der Waals surface area (Å²) >= 11 is 0. The van der Waals surface area contributed by atoms with E-state index in [1.165, 1.54) is 167 Å². The van der Waals surface area contributed by atoms with Gasteiger partial charge in [0.2, 0.25) is 5.91 Å².